The molecular formula is C53H46Cl2N8O11S2. The van der Waals surface area contributed by atoms with E-state index in [1.807, 2.05) is 62.5 Å². The van der Waals surface area contributed by atoms with Gasteiger partial charge in [-0.15, -0.1) is 0 Å². The van der Waals surface area contributed by atoms with E-state index < -0.39 is 42.3 Å². The largest absolute Gasteiger partial charge is 0.483 e. The second-order valence-electron chi connectivity index (χ2n) is 17.9. The Labute approximate surface area is 443 Å². The predicted octanol–water partition coefficient (Wildman–Crippen LogP) is 9.11. The maximum atomic E-state index is 13.5. The van der Waals surface area contributed by atoms with Crippen molar-refractivity contribution >= 4 is 87.1 Å². The van der Waals surface area contributed by atoms with Crippen LogP contribution in [0, 0.1) is 27.7 Å². The number of nitrogens with zero attached hydrogens (tertiary/aromatic N) is 6. The molecular weight excluding hydrogens is 1060 g/mol. The van der Waals surface area contributed by atoms with E-state index in [1.54, 1.807) is 63.0 Å². The molecule has 0 saturated heterocycles. The summed E-state index contributed by atoms with van der Waals surface area (Å²) >= 11 is 11.8. The third-order valence-corrected chi connectivity index (χ3v) is 14.3. The van der Waals surface area contributed by atoms with E-state index in [0.717, 1.165) is 22.0 Å². The number of hydrogen-bond donors (Lipinski definition) is 3. The van der Waals surface area contributed by atoms with Crippen LogP contribution in [0.2, 0.25) is 10.3 Å². The minimum Gasteiger partial charge on any atom is -0.483 e. The highest BCUT2D eigenvalue weighted by atomic mass is 35.5. The first-order valence-corrected chi connectivity index (χ1v) is 27.0. The van der Waals surface area contributed by atoms with Crippen molar-refractivity contribution in [2.75, 3.05) is 6.61 Å². The van der Waals surface area contributed by atoms with Crippen LogP contribution >= 0.6 is 23.2 Å². The average molecular weight is 1110 g/mol. The number of rotatable bonds is 12. The Balaban J connectivity index is 0.000000186. The quantitative estimate of drug-likeness (QED) is 0.0961. The lowest BCUT2D eigenvalue weighted by Crippen LogP contribution is -2.17. The van der Waals surface area contributed by atoms with Gasteiger partial charge in [-0.1, -0.05) is 23.2 Å². The fourth-order valence-electron chi connectivity index (χ4n) is 8.71. The first kappa shape index (κ1) is 53.2. The number of pyridine rings is 4. The minimum absolute atomic E-state index is 0.0350. The molecule has 0 bridgehead atoms. The lowest BCUT2D eigenvalue weighted by molar-refractivity contribution is 0.218. The van der Waals surface area contributed by atoms with Crippen LogP contribution in [-0.2, 0) is 26.6 Å². The van der Waals surface area contributed by atoms with Crippen molar-refractivity contribution in [1.29, 1.82) is 0 Å². The average Bonchev–Trinajstić information content (AvgIpc) is 3.84. The molecule has 0 aliphatic carbocycles. The number of ether oxygens (including phenoxy) is 2. The summed E-state index contributed by atoms with van der Waals surface area (Å²) in [6, 6.07) is 23.6. The van der Waals surface area contributed by atoms with E-state index in [2.05, 4.69) is 25.0 Å². The summed E-state index contributed by atoms with van der Waals surface area (Å²) in [5, 5.41) is 24.8. The Hall–Kier alpha value is -7.63. The van der Waals surface area contributed by atoms with Crippen LogP contribution < -0.4 is 30.6 Å². The van der Waals surface area contributed by atoms with E-state index in [1.165, 1.54) is 24.3 Å². The molecule has 2 unspecified atom stereocenters. The van der Waals surface area contributed by atoms with Gasteiger partial charge in [0, 0.05) is 57.4 Å². The van der Waals surface area contributed by atoms with Gasteiger partial charge in [0.2, 0.25) is 10.1 Å². The number of aliphatic hydroxyl groups excluding tert-OH is 1. The molecule has 0 spiro atoms. The predicted molar refractivity (Wildman–Crippen MR) is 288 cm³/mol. The van der Waals surface area contributed by atoms with Gasteiger partial charge in [0.25, 0.3) is 20.0 Å². The van der Waals surface area contributed by atoms with Gasteiger partial charge in [-0.2, -0.15) is 5.10 Å². The second kappa shape index (κ2) is 20.8. The third-order valence-electron chi connectivity index (χ3n) is 12.2. The molecule has 0 aliphatic rings. The number of primary sulfonamides is 2. The van der Waals surface area contributed by atoms with Crippen molar-refractivity contribution in [3.8, 4) is 34.1 Å². The summed E-state index contributed by atoms with van der Waals surface area (Å²) in [4.78, 5) is 43.4. The number of aryl methyl sites for hydroxylation is 2. The van der Waals surface area contributed by atoms with Gasteiger partial charge in [-0.25, -0.2) is 37.1 Å². The first-order valence-electron chi connectivity index (χ1n) is 23.2. The number of hydrogen-bond acceptors (Lipinski definition) is 16. The standard InChI is InChI=1S/C27H25ClN4O6S.C26H21ClN4O5S/c1-14-10-19(16(3)37-22-6-7-23(28)30-27(22)39(29,35)36)26-20(11-14)24(34)15(2)25(38-26)17-4-5-21-18(12-17)13-32(31-21)8-9-33;1-13-9-17(15(3)35-21-6-7-22(27)31-26(21)37(28,33)34)25-18(10-13)23(32)14(2)24(36-25)16-11-20-19(30-12-16)5-4-8-29-20/h4-7,10-13,16,33H,8-9H2,1-3H3,(H2,29,35,36);4-12,15H,1-3H3,(H2,28,33,34). The molecule has 390 valence electrons. The van der Waals surface area contributed by atoms with Crippen molar-refractivity contribution in [1.82, 2.24) is 29.7 Å². The van der Waals surface area contributed by atoms with Crippen LogP contribution in [0.15, 0.2) is 132 Å². The molecule has 7 heterocycles. The molecule has 19 nitrogen and oxygen atoms in total. The van der Waals surface area contributed by atoms with Crippen molar-refractivity contribution in [2.45, 2.75) is 70.3 Å². The summed E-state index contributed by atoms with van der Waals surface area (Å²) in [6.45, 7) is 10.8. The Bertz CT molecular complexity index is 4340. The fraction of sp³-hybridized carbons (Fsp3) is 0.189. The van der Waals surface area contributed by atoms with E-state index in [0.29, 0.717) is 84.4 Å². The highest BCUT2D eigenvalue weighted by molar-refractivity contribution is 7.89. The normalized spacial score (nSPS) is 12.7. The fourth-order valence-corrected chi connectivity index (χ4v) is 10.3. The van der Waals surface area contributed by atoms with Crippen LogP contribution in [0.3, 0.4) is 0 Å². The number of sulfonamides is 2. The monoisotopic (exact) mass is 1100 g/mol. The van der Waals surface area contributed by atoms with Gasteiger partial charge in [-0.3, -0.25) is 24.2 Å². The molecule has 0 amide bonds. The number of aliphatic hydroxyl groups is 1. The molecule has 0 radical (unpaired) electrons. The molecule has 23 heteroatoms. The molecule has 0 fully saturated rings. The zero-order valence-electron chi connectivity index (χ0n) is 41.3. The smallest absolute Gasteiger partial charge is 0.259 e. The lowest BCUT2D eigenvalue weighted by atomic mass is 9.99. The lowest BCUT2D eigenvalue weighted by Gasteiger charge is -2.19. The molecule has 7 aromatic heterocycles. The first-order chi connectivity index (χ1) is 36.0. The number of nitrogens with two attached hydrogens (primary N) is 2. The van der Waals surface area contributed by atoms with Crippen LogP contribution in [0.25, 0.3) is 66.5 Å². The maximum Gasteiger partial charge on any atom is 0.259 e. The molecule has 10 rings (SSSR count). The van der Waals surface area contributed by atoms with Gasteiger partial charge < -0.3 is 23.4 Å². The Morgan fingerprint density at radius 3 is 1.70 bits per heavy atom. The minimum atomic E-state index is -4.22. The Morgan fingerprint density at radius 1 is 0.658 bits per heavy atom. The van der Waals surface area contributed by atoms with Crippen molar-refractivity contribution in [2.24, 2.45) is 10.3 Å². The third kappa shape index (κ3) is 10.8. The van der Waals surface area contributed by atoms with Gasteiger partial charge >= 0.3 is 0 Å². The molecule has 0 aliphatic heterocycles. The SMILES string of the molecule is Cc1cc(C(C)Oc2ccc(Cl)nc2S(N)(=O)=O)c2oc(-c3ccc4nn(CCO)cc4c3)c(C)c(=O)c2c1.Cc1cc(C(C)Oc2ccc(Cl)nc2S(N)(=O)=O)c2oc(-c3cnc4cccnc4c3)c(C)c(=O)c2c1. The highest BCUT2D eigenvalue weighted by Gasteiger charge is 2.26. The van der Waals surface area contributed by atoms with Crippen LogP contribution in [0.4, 0.5) is 0 Å². The topological polar surface area (TPSA) is 289 Å². The number of halogens is 2. The van der Waals surface area contributed by atoms with E-state index in [9.17, 15) is 31.5 Å². The van der Waals surface area contributed by atoms with Crippen molar-refractivity contribution in [3.05, 3.63) is 168 Å². The summed E-state index contributed by atoms with van der Waals surface area (Å²) < 4.78 is 74.7. The van der Waals surface area contributed by atoms with Crippen LogP contribution in [0.1, 0.15) is 59.4 Å². The summed E-state index contributed by atoms with van der Waals surface area (Å²) in [7, 11) is -8.44. The number of benzene rings is 3. The van der Waals surface area contributed by atoms with Crippen molar-refractivity contribution in [3.63, 3.8) is 0 Å². The maximum absolute atomic E-state index is 13.5. The van der Waals surface area contributed by atoms with Gasteiger partial charge in [0.1, 0.15) is 45.2 Å². The summed E-state index contributed by atoms with van der Waals surface area (Å²) in [5.41, 5.74) is 7.16. The summed E-state index contributed by atoms with van der Waals surface area (Å²) in [5.74, 6) is 0.589. The molecule has 10 aromatic rings. The highest BCUT2D eigenvalue weighted by Crippen LogP contribution is 2.37. The molecule has 2 atom stereocenters. The molecule has 5 N–H and O–H groups in total. The number of fused-ring (bicyclic) bond motifs is 4. The van der Waals surface area contributed by atoms with Gasteiger partial charge in [0.15, 0.2) is 22.4 Å². The van der Waals surface area contributed by atoms with Crippen LogP contribution in [0.5, 0.6) is 11.5 Å². The van der Waals surface area contributed by atoms with Crippen molar-refractivity contribution < 1.29 is 40.3 Å². The molecule has 76 heavy (non-hydrogen) atoms. The van der Waals surface area contributed by atoms with Gasteiger partial charge in [0.05, 0.1) is 40.5 Å². The van der Waals surface area contributed by atoms with E-state index >= 15 is 0 Å². The molecule has 3 aromatic carbocycles. The zero-order chi connectivity index (χ0) is 54.5. The van der Waals surface area contributed by atoms with E-state index in [4.69, 9.17) is 51.8 Å². The second-order valence-corrected chi connectivity index (χ2v) is 21.6. The van der Waals surface area contributed by atoms with Gasteiger partial charge in [-0.05, 0) is 138 Å². The Morgan fingerprint density at radius 2 is 1.18 bits per heavy atom. The zero-order valence-corrected chi connectivity index (χ0v) is 44.5. The van der Waals surface area contributed by atoms with Crippen LogP contribution in [-0.4, -0.2) is 58.3 Å². The summed E-state index contributed by atoms with van der Waals surface area (Å²) in [6.07, 6.45) is 3.61. The molecule has 0 saturated carbocycles. The number of aromatic nitrogens is 6. The Kier molecular flexibility index (Phi) is 14.6. The van der Waals surface area contributed by atoms with E-state index in [-0.39, 0.29) is 39.3 Å².